The highest BCUT2D eigenvalue weighted by atomic mass is 16.5. The van der Waals surface area contributed by atoms with Crippen molar-refractivity contribution in [3.8, 4) is 5.75 Å². The molecular formula is C16H21N3O. The molecule has 0 spiro atoms. The number of nitrogens with one attached hydrogen (secondary N) is 1. The predicted octanol–water partition coefficient (Wildman–Crippen LogP) is 3.32. The van der Waals surface area contributed by atoms with Crippen molar-refractivity contribution < 1.29 is 4.74 Å². The molecular weight excluding hydrogens is 250 g/mol. The van der Waals surface area contributed by atoms with Crippen LogP contribution in [0.5, 0.6) is 5.75 Å². The van der Waals surface area contributed by atoms with Crippen molar-refractivity contribution in [3.63, 3.8) is 0 Å². The van der Waals surface area contributed by atoms with Crippen LogP contribution >= 0.6 is 0 Å². The zero-order valence-electron chi connectivity index (χ0n) is 12.5. The number of ether oxygens (including phenoxy) is 1. The van der Waals surface area contributed by atoms with Crippen molar-refractivity contribution in [1.29, 1.82) is 0 Å². The largest absolute Gasteiger partial charge is 0.496 e. The van der Waals surface area contributed by atoms with E-state index in [2.05, 4.69) is 28.3 Å². The molecule has 20 heavy (non-hydrogen) atoms. The van der Waals surface area contributed by atoms with Crippen LogP contribution in [0.4, 0.5) is 5.82 Å². The topological polar surface area (TPSA) is 47.0 Å². The number of aryl methyl sites for hydroxylation is 2. The van der Waals surface area contributed by atoms with Gasteiger partial charge in [-0.05, 0) is 25.5 Å². The fourth-order valence-corrected chi connectivity index (χ4v) is 2.14. The van der Waals surface area contributed by atoms with E-state index < -0.39 is 0 Å². The number of rotatable bonds is 5. The number of nitrogens with zero attached hydrogens (tertiary/aromatic N) is 2. The average molecular weight is 271 g/mol. The predicted molar refractivity (Wildman–Crippen MR) is 81.4 cm³/mol. The molecule has 106 valence electrons. The van der Waals surface area contributed by atoms with Gasteiger partial charge in [-0.15, -0.1) is 0 Å². The summed E-state index contributed by atoms with van der Waals surface area (Å²) in [6, 6.07) is 8.11. The Kier molecular flexibility index (Phi) is 4.56. The van der Waals surface area contributed by atoms with Crippen LogP contribution in [0.1, 0.15) is 29.8 Å². The molecule has 0 amide bonds. The normalized spacial score (nSPS) is 12.0. The van der Waals surface area contributed by atoms with E-state index in [1.165, 1.54) is 5.56 Å². The second-order valence-electron chi connectivity index (χ2n) is 4.97. The highest BCUT2D eigenvalue weighted by Gasteiger charge is 2.11. The monoisotopic (exact) mass is 271 g/mol. The molecule has 2 aromatic rings. The van der Waals surface area contributed by atoms with Crippen LogP contribution in [-0.4, -0.2) is 23.6 Å². The van der Waals surface area contributed by atoms with Crippen LogP contribution in [0.25, 0.3) is 0 Å². The first-order valence-electron chi connectivity index (χ1n) is 6.79. The van der Waals surface area contributed by atoms with E-state index in [1.807, 2.05) is 32.0 Å². The Labute approximate surface area is 120 Å². The van der Waals surface area contributed by atoms with Crippen LogP contribution in [0.2, 0.25) is 0 Å². The maximum absolute atomic E-state index is 5.41. The van der Waals surface area contributed by atoms with Gasteiger partial charge in [0.25, 0.3) is 0 Å². The number of aromatic nitrogens is 2. The van der Waals surface area contributed by atoms with Crippen LogP contribution in [0.3, 0.4) is 0 Å². The van der Waals surface area contributed by atoms with Crippen molar-refractivity contribution in [2.24, 2.45) is 0 Å². The lowest BCUT2D eigenvalue weighted by Crippen LogP contribution is -2.13. The quantitative estimate of drug-likeness (QED) is 0.906. The fourth-order valence-electron chi connectivity index (χ4n) is 2.14. The summed E-state index contributed by atoms with van der Waals surface area (Å²) in [5.74, 6) is 2.11. The molecule has 4 heteroatoms. The third kappa shape index (κ3) is 3.26. The van der Waals surface area contributed by atoms with Crippen LogP contribution in [0.15, 0.2) is 30.5 Å². The van der Waals surface area contributed by atoms with Gasteiger partial charge in [0.2, 0.25) is 0 Å². The zero-order chi connectivity index (χ0) is 14.5. The molecule has 0 aliphatic heterocycles. The molecule has 1 unspecified atom stereocenters. The number of benzene rings is 1. The summed E-state index contributed by atoms with van der Waals surface area (Å²) in [6.07, 6.45) is 1.78. The molecule has 0 bridgehead atoms. The van der Waals surface area contributed by atoms with Crippen molar-refractivity contribution in [1.82, 2.24) is 9.97 Å². The van der Waals surface area contributed by atoms with Crippen molar-refractivity contribution >= 4 is 5.82 Å². The Balaban J connectivity index is 2.08. The minimum absolute atomic E-state index is 0.327. The van der Waals surface area contributed by atoms with Gasteiger partial charge in [0, 0.05) is 18.7 Å². The lowest BCUT2D eigenvalue weighted by Gasteiger charge is -2.17. The highest BCUT2D eigenvalue weighted by Crippen LogP contribution is 2.26. The summed E-state index contributed by atoms with van der Waals surface area (Å²) in [5.41, 5.74) is 3.03. The Morgan fingerprint density at radius 2 is 2.00 bits per heavy atom. The summed E-state index contributed by atoms with van der Waals surface area (Å²) in [7, 11) is 1.70. The molecule has 1 aromatic carbocycles. The number of hydrogen-bond acceptors (Lipinski definition) is 4. The van der Waals surface area contributed by atoms with Gasteiger partial charge in [-0.25, -0.2) is 4.98 Å². The Bertz CT molecular complexity index is 584. The average Bonchev–Trinajstić information content (AvgIpc) is 2.47. The highest BCUT2D eigenvalue weighted by molar-refractivity contribution is 5.42. The fraction of sp³-hybridized carbons (Fsp3) is 0.375. The third-order valence-corrected chi connectivity index (χ3v) is 3.32. The smallest absolute Gasteiger partial charge is 0.147 e. The maximum Gasteiger partial charge on any atom is 0.147 e. The maximum atomic E-state index is 5.41. The summed E-state index contributed by atoms with van der Waals surface area (Å²) < 4.78 is 5.41. The van der Waals surface area contributed by atoms with Gasteiger partial charge in [0.15, 0.2) is 0 Å². The lowest BCUT2D eigenvalue weighted by molar-refractivity contribution is 0.407. The number of hydrogen-bond donors (Lipinski definition) is 1. The molecule has 0 aliphatic carbocycles. The zero-order valence-corrected chi connectivity index (χ0v) is 12.5. The van der Waals surface area contributed by atoms with Crippen LogP contribution < -0.4 is 10.1 Å². The second-order valence-corrected chi connectivity index (χ2v) is 4.97. The molecule has 0 radical (unpaired) electrons. The number of para-hydroxylation sites is 1. The molecule has 0 aliphatic rings. The first kappa shape index (κ1) is 14.3. The molecule has 1 N–H and O–H groups in total. The molecule has 0 saturated carbocycles. The summed E-state index contributed by atoms with van der Waals surface area (Å²) >= 11 is 0. The summed E-state index contributed by atoms with van der Waals surface area (Å²) in [6.45, 7) is 6.87. The molecule has 4 nitrogen and oxygen atoms in total. The first-order chi connectivity index (χ1) is 9.61. The second kappa shape index (κ2) is 6.37. The van der Waals surface area contributed by atoms with Crippen molar-refractivity contribution in [2.45, 2.75) is 26.7 Å². The Morgan fingerprint density at radius 1 is 1.25 bits per heavy atom. The molecule has 0 fully saturated rings. The minimum atomic E-state index is 0.327. The number of methoxy groups -OCH3 is 1. The van der Waals surface area contributed by atoms with E-state index in [1.54, 1.807) is 13.3 Å². The number of anilines is 1. The molecule has 1 aromatic heterocycles. The van der Waals surface area contributed by atoms with Gasteiger partial charge < -0.3 is 10.1 Å². The van der Waals surface area contributed by atoms with E-state index >= 15 is 0 Å². The van der Waals surface area contributed by atoms with Crippen molar-refractivity contribution in [3.05, 3.63) is 47.4 Å². The van der Waals surface area contributed by atoms with Crippen LogP contribution in [-0.2, 0) is 0 Å². The molecule has 2 rings (SSSR count). The SMILES string of the molecule is COc1ccccc1C(C)CNc1nc(C)cnc1C. The summed E-state index contributed by atoms with van der Waals surface area (Å²) in [4.78, 5) is 8.79. The summed E-state index contributed by atoms with van der Waals surface area (Å²) in [5, 5.41) is 3.37. The van der Waals surface area contributed by atoms with Crippen LogP contribution in [0, 0.1) is 13.8 Å². The van der Waals surface area contributed by atoms with E-state index in [0.717, 1.165) is 29.5 Å². The Hall–Kier alpha value is -2.10. The molecule has 1 heterocycles. The van der Waals surface area contributed by atoms with E-state index in [9.17, 15) is 0 Å². The van der Waals surface area contributed by atoms with Gasteiger partial charge >= 0.3 is 0 Å². The minimum Gasteiger partial charge on any atom is -0.496 e. The van der Waals surface area contributed by atoms with E-state index in [4.69, 9.17) is 4.74 Å². The molecule has 1 atom stereocenters. The van der Waals surface area contributed by atoms with E-state index in [-0.39, 0.29) is 0 Å². The van der Waals surface area contributed by atoms with Gasteiger partial charge in [0.1, 0.15) is 11.6 Å². The first-order valence-corrected chi connectivity index (χ1v) is 6.79. The third-order valence-electron chi connectivity index (χ3n) is 3.32. The van der Waals surface area contributed by atoms with Gasteiger partial charge in [0.05, 0.1) is 18.5 Å². The van der Waals surface area contributed by atoms with E-state index in [0.29, 0.717) is 5.92 Å². The van der Waals surface area contributed by atoms with Gasteiger partial charge in [-0.1, -0.05) is 25.1 Å². The molecule has 0 saturated heterocycles. The standard InChI is InChI=1S/C16H21N3O/c1-11(14-7-5-6-8-15(14)20-4)9-18-16-13(3)17-10-12(2)19-16/h5-8,10-11H,9H2,1-4H3,(H,18,19). The van der Waals surface area contributed by atoms with Gasteiger partial charge in [-0.3, -0.25) is 4.98 Å². The van der Waals surface area contributed by atoms with Gasteiger partial charge in [-0.2, -0.15) is 0 Å². The van der Waals surface area contributed by atoms with Crippen molar-refractivity contribution in [2.75, 3.05) is 19.0 Å². The Morgan fingerprint density at radius 3 is 2.75 bits per heavy atom. The lowest BCUT2D eigenvalue weighted by atomic mass is 10.00.